The third-order valence-corrected chi connectivity index (χ3v) is 4.17. The van der Waals surface area contributed by atoms with Crippen LogP contribution in [0.4, 0.5) is 16.3 Å². The maximum Gasteiger partial charge on any atom is 0.334 e. The lowest BCUT2D eigenvalue weighted by atomic mass is 10.2. The van der Waals surface area contributed by atoms with Crippen LogP contribution < -0.4 is 10.2 Å². The number of imide groups is 1. The molecular weight excluding hydrogens is 390 g/mol. The average Bonchev–Trinajstić information content (AvgIpc) is 2.79. The van der Waals surface area contributed by atoms with Crippen molar-refractivity contribution in [3.8, 4) is 12.3 Å². The maximum absolute atomic E-state index is 13.1. The van der Waals surface area contributed by atoms with Crippen molar-refractivity contribution in [3.05, 3.63) is 89.6 Å². The predicted octanol–water partition coefficient (Wildman–Crippen LogP) is 3.84. The number of hydrazone groups is 1. The zero-order chi connectivity index (χ0) is 22.2. The van der Waals surface area contributed by atoms with Crippen molar-refractivity contribution >= 4 is 29.7 Å². The van der Waals surface area contributed by atoms with Crippen LogP contribution in [-0.2, 0) is 0 Å². The zero-order valence-electron chi connectivity index (χ0n) is 17.2. The van der Waals surface area contributed by atoms with Gasteiger partial charge >= 0.3 is 6.03 Å². The molecule has 3 amide bonds. The molecule has 7 heteroatoms. The molecule has 0 spiro atoms. The van der Waals surface area contributed by atoms with E-state index in [2.05, 4.69) is 21.3 Å². The third-order valence-electron chi connectivity index (χ3n) is 4.17. The third kappa shape index (κ3) is 5.55. The number of hydrogen-bond donors (Lipinski definition) is 1. The molecule has 0 fully saturated rings. The van der Waals surface area contributed by atoms with Gasteiger partial charge in [0.15, 0.2) is 0 Å². The average molecular weight is 411 g/mol. The zero-order valence-corrected chi connectivity index (χ0v) is 17.2. The lowest BCUT2D eigenvalue weighted by Gasteiger charge is -2.20. The monoisotopic (exact) mass is 411 g/mol. The molecule has 0 aliphatic rings. The molecule has 3 rings (SSSR count). The number of rotatable bonds is 5. The highest BCUT2D eigenvalue weighted by atomic mass is 16.2. The van der Waals surface area contributed by atoms with Gasteiger partial charge in [-0.2, -0.15) is 5.10 Å². The minimum atomic E-state index is -0.635. The molecule has 154 valence electrons. The standard InChI is InChI=1S/C24H21N5O2/c1-4-18-12-15-22(25-16-18)29(23(30)20-8-6-5-7-9-20)24(31)27-21-13-10-19(11-14-21)17-26-28(2)3/h1,5-17H,2-3H3,(H,27,31). The molecule has 0 atom stereocenters. The van der Waals surface area contributed by atoms with E-state index in [9.17, 15) is 9.59 Å². The van der Waals surface area contributed by atoms with Crippen LogP contribution in [0.25, 0.3) is 0 Å². The first-order valence-corrected chi connectivity index (χ1v) is 9.42. The van der Waals surface area contributed by atoms with Gasteiger partial charge in [0.2, 0.25) is 0 Å². The van der Waals surface area contributed by atoms with Crippen molar-refractivity contribution < 1.29 is 9.59 Å². The molecule has 31 heavy (non-hydrogen) atoms. The normalized spacial score (nSPS) is 10.4. The van der Waals surface area contributed by atoms with Gasteiger partial charge in [-0.25, -0.2) is 14.7 Å². The van der Waals surface area contributed by atoms with Gasteiger partial charge in [-0.3, -0.25) is 4.79 Å². The first-order chi connectivity index (χ1) is 15.0. The maximum atomic E-state index is 13.1. The predicted molar refractivity (Wildman–Crippen MR) is 122 cm³/mol. The van der Waals surface area contributed by atoms with Crippen LogP contribution in [0.5, 0.6) is 0 Å². The van der Waals surface area contributed by atoms with Gasteiger partial charge in [0.1, 0.15) is 5.82 Å². The van der Waals surface area contributed by atoms with Crippen LogP contribution in [0, 0.1) is 12.3 Å². The number of nitrogens with zero attached hydrogens (tertiary/aromatic N) is 4. The van der Waals surface area contributed by atoms with Crippen LogP contribution in [0.3, 0.4) is 0 Å². The van der Waals surface area contributed by atoms with Gasteiger partial charge in [-0.15, -0.1) is 6.42 Å². The molecule has 0 aliphatic carbocycles. The summed E-state index contributed by atoms with van der Waals surface area (Å²) >= 11 is 0. The van der Waals surface area contributed by atoms with Crippen LogP contribution in [0.1, 0.15) is 21.5 Å². The molecule has 0 unspecified atom stereocenters. The fourth-order valence-corrected chi connectivity index (χ4v) is 2.63. The number of amides is 3. The van der Waals surface area contributed by atoms with Crippen molar-refractivity contribution in [2.75, 3.05) is 24.3 Å². The molecule has 0 radical (unpaired) electrons. The Balaban J connectivity index is 1.87. The number of aromatic nitrogens is 1. The van der Waals surface area contributed by atoms with Crippen LogP contribution in [0.2, 0.25) is 0 Å². The molecule has 3 aromatic rings. The Kier molecular flexibility index (Phi) is 6.76. The molecule has 7 nitrogen and oxygen atoms in total. The number of urea groups is 1. The van der Waals surface area contributed by atoms with Gasteiger partial charge < -0.3 is 10.3 Å². The van der Waals surface area contributed by atoms with Crippen LogP contribution in [-0.4, -0.2) is 42.2 Å². The van der Waals surface area contributed by atoms with Gasteiger partial charge in [-0.05, 0) is 42.0 Å². The van der Waals surface area contributed by atoms with E-state index in [1.165, 1.54) is 12.3 Å². The van der Waals surface area contributed by atoms with E-state index in [0.29, 0.717) is 16.8 Å². The molecule has 1 heterocycles. The number of pyridine rings is 1. The van der Waals surface area contributed by atoms with Crippen molar-refractivity contribution in [2.24, 2.45) is 5.10 Å². The summed E-state index contributed by atoms with van der Waals surface area (Å²) in [6.07, 6.45) is 8.52. The number of hydrogen-bond acceptors (Lipinski definition) is 5. The Morgan fingerprint density at radius 2 is 1.74 bits per heavy atom. The molecule has 1 aromatic heterocycles. The fourth-order valence-electron chi connectivity index (χ4n) is 2.63. The minimum absolute atomic E-state index is 0.167. The van der Waals surface area contributed by atoms with Crippen molar-refractivity contribution in [2.45, 2.75) is 0 Å². The van der Waals surface area contributed by atoms with E-state index < -0.39 is 11.9 Å². The van der Waals surface area contributed by atoms with E-state index >= 15 is 0 Å². The molecule has 2 aromatic carbocycles. The molecule has 0 bridgehead atoms. The number of anilines is 2. The molecule has 0 aliphatic heterocycles. The molecular formula is C24H21N5O2. The highest BCUT2D eigenvalue weighted by molar-refractivity contribution is 6.23. The van der Waals surface area contributed by atoms with Gasteiger partial charge in [0, 0.05) is 37.1 Å². The summed E-state index contributed by atoms with van der Waals surface area (Å²) in [6, 6.07) is 18.1. The summed E-state index contributed by atoms with van der Waals surface area (Å²) < 4.78 is 0. The second-order valence-corrected chi connectivity index (χ2v) is 6.70. The SMILES string of the molecule is C#Cc1ccc(N(C(=O)Nc2ccc(C=NN(C)C)cc2)C(=O)c2ccccc2)nc1. The lowest BCUT2D eigenvalue weighted by molar-refractivity contribution is 0.0995. The molecule has 0 saturated heterocycles. The fraction of sp³-hybridized carbons (Fsp3) is 0.0833. The second-order valence-electron chi connectivity index (χ2n) is 6.70. The Morgan fingerprint density at radius 1 is 1.03 bits per heavy atom. The van der Waals surface area contributed by atoms with E-state index in [1.807, 2.05) is 26.2 Å². The topological polar surface area (TPSA) is 77.9 Å². The number of carbonyl (C=O) groups excluding carboxylic acids is 2. The highest BCUT2D eigenvalue weighted by Crippen LogP contribution is 2.18. The Labute approximate surface area is 181 Å². The summed E-state index contributed by atoms with van der Waals surface area (Å²) in [7, 11) is 3.65. The second kappa shape index (κ2) is 9.85. The first kappa shape index (κ1) is 21.3. The lowest BCUT2D eigenvalue weighted by Crippen LogP contribution is -2.40. The van der Waals surface area contributed by atoms with Crippen LogP contribution >= 0.6 is 0 Å². The Hall–Kier alpha value is -4.44. The van der Waals surface area contributed by atoms with E-state index in [0.717, 1.165) is 10.5 Å². The smallest absolute Gasteiger partial charge is 0.307 e. The van der Waals surface area contributed by atoms with Crippen molar-refractivity contribution in [3.63, 3.8) is 0 Å². The number of benzene rings is 2. The summed E-state index contributed by atoms with van der Waals surface area (Å²) in [5, 5.41) is 8.59. The van der Waals surface area contributed by atoms with Crippen LogP contribution in [0.15, 0.2) is 78.0 Å². The Morgan fingerprint density at radius 3 is 2.32 bits per heavy atom. The first-order valence-electron chi connectivity index (χ1n) is 9.42. The Bertz CT molecular complexity index is 1120. The van der Waals surface area contributed by atoms with Crippen molar-refractivity contribution in [1.82, 2.24) is 9.99 Å². The summed E-state index contributed by atoms with van der Waals surface area (Å²) in [6.45, 7) is 0. The highest BCUT2D eigenvalue weighted by Gasteiger charge is 2.26. The minimum Gasteiger partial charge on any atom is -0.307 e. The molecule has 1 N–H and O–H groups in total. The van der Waals surface area contributed by atoms with E-state index in [-0.39, 0.29) is 5.82 Å². The van der Waals surface area contributed by atoms with Gasteiger partial charge in [-0.1, -0.05) is 36.3 Å². The van der Waals surface area contributed by atoms with Crippen molar-refractivity contribution in [1.29, 1.82) is 0 Å². The van der Waals surface area contributed by atoms with E-state index in [1.54, 1.807) is 59.8 Å². The summed E-state index contributed by atoms with van der Waals surface area (Å²) in [4.78, 5) is 31.3. The summed E-state index contributed by atoms with van der Waals surface area (Å²) in [5.74, 6) is 2.13. The quantitative estimate of drug-likeness (QED) is 0.393. The number of carbonyl (C=O) groups is 2. The van der Waals surface area contributed by atoms with Gasteiger partial charge in [0.25, 0.3) is 5.91 Å². The van der Waals surface area contributed by atoms with Gasteiger partial charge in [0.05, 0.1) is 6.21 Å². The number of terminal acetylenes is 1. The van der Waals surface area contributed by atoms with E-state index in [4.69, 9.17) is 6.42 Å². The molecule has 0 saturated carbocycles. The summed E-state index contributed by atoms with van der Waals surface area (Å²) in [5.41, 5.74) is 2.30. The largest absolute Gasteiger partial charge is 0.334 e. The number of nitrogens with one attached hydrogen (secondary N) is 1.